The van der Waals surface area contributed by atoms with E-state index in [0.29, 0.717) is 6.42 Å². The molecule has 0 aromatic heterocycles. The summed E-state index contributed by atoms with van der Waals surface area (Å²) < 4.78 is 12.8. The highest BCUT2D eigenvalue weighted by molar-refractivity contribution is 9.10. The van der Waals surface area contributed by atoms with Gasteiger partial charge in [0.05, 0.1) is 18.6 Å². The molecule has 3 atom stereocenters. The smallest absolute Gasteiger partial charge is 0.166 e. The average Bonchev–Trinajstić information content (AvgIpc) is 2.67. The number of ether oxygens (including phenoxy) is 2. The molecule has 1 aromatic rings. The number of aliphatic hydroxyl groups excluding tert-OH is 1. The lowest BCUT2D eigenvalue weighted by Crippen LogP contribution is -2.42. The lowest BCUT2D eigenvalue weighted by molar-refractivity contribution is 0.0851. The highest BCUT2D eigenvalue weighted by atomic mass is 79.9. The van der Waals surface area contributed by atoms with Crippen molar-refractivity contribution < 1.29 is 14.6 Å². The molecule has 0 radical (unpaired) electrons. The largest absolute Gasteiger partial charge is 0.493 e. The molecule has 0 saturated carbocycles. The number of benzene rings is 1. The first-order valence-electron chi connectivity index (χ1n) is 7.30. The molecule has 1 unspecified atom stereocenters. The first kappa shape index (κ1) is 13.6. The van der Waals surface area contributed by atoms with Crippen molar-refractivity contribution in [2.24, 2.45) is 0 Å². The van der Waals surface area contributed by atoms with Crippen LogP contribution in [0.5, 0.6) is 11.5 Å². The Morgan fingerprint density at radius 2 is 2.38 bits per heavy atom. The van der Waals surface area contributed by atoms with E-state index >= 15 is 0 Å². The maximum atomic E-state index is 9.96. The predicted molar refractivity (Wildman–Crippen MR) is 82.9 cm³/mol. The number of aliphatic hydroxyl groups is 1. The van der Waals surface area contributed by atoms with Crippen molar-refractivity contribution in [1.29, 1.82) is 0 Å². The highest BCUT2D eigenvalue weighted by Crippen LogP contribution is 2.56. The first-order chi connectivity index (χ1) is 10.2. The van der Waals surface area contributed by atoms with E-state index in [0.717, 1.165) is 35.5 Å². The van der Waals surface area contributed by atoms with Crippen molar-refractivity contribution in [3.05, 3.63) is 33.8 Å². The Balaban J connectivity index is 2.00. The number of hydrogen-bond acceptors (Lipinski definition) is 4. The van der Waals surface area contributed by atoms with Crippen molar-refractivity contribution in [1.82, 2.24) is 5.32 Å². The van der Waals surface area contributed by atoms with Crippen LogP contribution < -0.4 is 14.8 Å². The zero-order valence-corrected chi connectivity index (χ0v) is 13.4. The van der Waals surface area contributed by atoms with Gasteiger partial charge in [-0.25, -0.2) is 0 Å². The minimum atomic E-state index is -0.427. The Morgan fingerprint density at radius 3 is 3.19 bits per heavy atom. The zero-order valence-electron chi connectivity index (χ0n) is 11.9. The van der Waals surface area contributed by atoms with E-state index in [1.165, 1.54) is 11.1 Å². The summed E-state index contributed by atoms with van der Waals surface area (Å²) >= 11 is 3.67. The zero-order chi connectivity index (χ0) is 14.6. The molecule has 112 valence electrons. The molecule has 1 aliphatic carbocycles. The van der Waals surface area contributed by atoms with Gasteiger partial charge in [0.2, 0.25) is 0 Å². The SMILES string of the molecule is COc1cc(Br)c2c3c1O[C@H]1C[C@@H](O)C=CC31CCNC2. The third kappa shape index (κ3) is 1.81. The van der Waals surface area contributed by atoms with Gasteiger partial charge in [-0.15, -0.1) is 0 Å². The fraction of sp³-hybridized carbons (Fsp3) is 0.500. The fourth-order valence-electron chi connectivity index (χ4n) is 3.90. The van der Waals surface area contributed by atoms with Gasteiger partial charge in [0.25, 0.3) is 0 Å². The molecule has 0 saturated heterocycles. The van der Waals surface area contributed by atoms with Gasteiger partial charge < -0.3 is 19.9 Å². The highest BCUT2D eigenvalue weighted by Gasteiger charge is 2.52. The van der Waals surface area contributed by atoms with Crippen molar-refractivity contribution in [2.45, 2.75) is 37.0 Å². The van der Waals surface area contributed by atoms with E-state index in [1.807, 2.05) is 12.1 Å². The van der Waals surface area contributed by atoms with Crippen LogP contribution in [0.4, 0.5) is 0 Å². The molecule has 0 amide bonds. The molecular formula is C16H18BrNO3. The Morgan fingerprint density at radius 1 is 1.52 bits per heavy atom. The summed E-state index contributed by atoms with van der Waals surface area (Å²) in [5, 5.41) is 13.5. The normalized spacial score (nSPS) is 32.9. The van der Waals surface area contributed by atoms with Crippen molar-refractivity contribution in [3.63, 3.8) is 0 Å². The Kier molecular flexibility index (Phi) is 3.07. The number of halogens is 1. The molecule has 4 nitrogen and oxygen atoms in total. The molecule has 4 rings (SSSR count). The number of hydrogen-bond donors (Lipinski definition) is 2. The Labute approximate surface area is 132 Å². The molecule has 0 fully saturated rings. The third-order valence-electron chi connectivity index (χ3n) is 4.91. The van der Waals surface area contributed by atoms with Crippen LogP contribution in [0.2, 0.25) is 0 Å². The first-order valence-corrected chi connectivity index (χ1v) is 8.09. The van der Waals surface area contributed by atoms with E-state index in [1.54, 1.807) is 7.11 Å². The molecule has 1 aromatic carbocycles. The van der Waals surface area contributed by atoms with Crippen molar-refractivity contribution in [3.8, 4) is 11.5 Å². The third-order valence-corrected chi connectivity index (χ3v) is 5.61. The van der Waals surface area contributed by atoms with E-state index < -0.39 is 6.10 Å². The number of methoxy groups -OCH3 is 1. The van der Waals surface area contributed by atoms with Crippen LogP contribution in [0.3, 0.4) is 0 Å². The monoisotopic (exact) mass is 351 g/mol. The predicted octanol–water partition coefficient (Wildman–Crippen LogP) is 2.27. The molecule has 2 N–H and O–H groups in total. The molecule has 21 heavy (non-hydrogen) atoms. The summed E-state index contributed by atoms with van der Waals surface area (Å²) in [5.41, 5.74) is 2.32. The van der Waals surface area contributed by atoms with E-state index in [4.69, 9.17) is 9.47 Å². The summed E-state index contributed by atoms with van der Waals surface area (Å²) in [5.74, 6) is 1.61. The summed E-state index contributed by atoms with van der Waals surface area (Å²) in [6.07, 6.45) is 5.22. The summed E-state index contributed by atoms with van der Waals surface area (Å²) in [7, 11) is 1.67. The van der Waals surface area contributed by atoms with Gasteiger partial charge in [-0.05, 0) is 24.6 Å². The van der Waals surface area contributed by atoms with Gasteiger partial charge in [0.15, 0.2) is 11.5 Å². The maximum absolute atomic E-state index is 9.96. The number of rotatable bonds is 1. The van der Waals surface area contributed by atoms with Crippen LogP contribution >= 0.6 is 15.9 Å². The molecule has 1 spiro atoms. The van der Waals surface area contributed by atoms with Gasteiger partial charge in [-0.2, -0.15) is 0 Å². The molecule has 0 bridgehead atoms. The molecule has 3 aliphatic rings. The lowest BCUT2D eigenvalue weighted by atomic mass is 9.69. The lowest BCUT2D eigenvalue weighted by Gasteiger charge is -2.35. The van der Waals surface area contributed by atoms with Crippen LogP contribution in [0.25, 0.3) is 0 Å². The Hall–Kier alpha value is -1.04. The molecule has 2 aliphatic heterocycles. The van der Waals surface area contributed by atoms with E-state index in [9.17, 15) is 5.11 Å². The van der Waals surface area contributed by atoms with E-state index in [2.05, 4.69) is 27.3 Å². The summed E-state index contributed by atoms with van der Waals surface area (Å²) in [6.45, 7) is 1.75. The van der Waals surface area contributed by atoms with Gasteiger partial charge in [0.1, 0.15) is 6.10 Å². The van der Waals surface area contributed by atoms with Gasteiger partial charge in [-0.1, -0.05) is 28.1 Å². The minimum Gasteiger partial charge on any atom is -0.493 e. The van der Waals surface area contributed by atoms with E-state index in [-0.39, 0.29) is 11.5 Å². The van der Waals surface area contributed by atoms with Gasteiger partial charge >= 0.3 is 0 Å². The topological polar surface area (TPSA) is 50.7 Å². The fourth-order valence-corrected chi connectivity index (χ4v) is 4.44. The van der Waals surface area contributed by atoms with Crippen LogP contribution in [-0.4, -0.2) is 31.0 Å². The van der Waals surface area contributed by atoms with Crippen molar-refractivity contribution in [2.75, 3.05) is 13.7 Å². The second-order valence-electron chi connectivity index (χ2n) is 5.98. The van der Waals surface area contributed by atoms with Gasteiger partial charge in [0, 0.05) is 23.0 Å². The molecular weight excluding hydrogens is 334 g/mol. The molecule has 2 heterocycles. The van der Waals surface area contributed by atoms with Crippen LogP contribution in [0.15, 0.2) is 22.7 Å². The van der Waals surface area contributed by atoms with Gasteiger partial charge in [-0.3, -0.25) is 0 Å². The second-order valence-corrected chi connectivity index (χ2v) is 6.83. The van der Waals surface area contributed by atoms with Crippen LogP contribution in [0, 0.1) is 0 Å². The maximum Gasteiger partial charge on any atom is 0.166 e. The summed E-state index contributed by atoms with van der Waals surface area (Å²) in [4.78, 5) is 0. The standard InChI is InChI=1S/C16H18BrNO3/c1-20-12-7-11(17)10-8-18-5-4-16-3-2-9(19)6-13(16)21-15(12)14(10)16/h2-3,7,9,13,18-19H,4-6,8H2,1H3/t9-,13-,16?/m0/s1. The minimum absolute atomic E-state index is 0.0191. The quantitative estimate of drug-likeness (QED) is 0.762. The number of nitrogens with one attached hydrogen (secondary N) is 1. The van der Waals surface area contributed by atoms with Crippen LogP contribution in [0.1, 0.15) is 24.0 Å². The summed E-state index contributed by atoms with van der Waals surface area (Å²) in [6, 6.07) is 1.98. The second kappa shape index (κ2) is 4.73. The Bertz CT molecular complexity index is 630. The molecule has 5 heteroatoms. The van der Waals surface area contributed by atoms with Crippen LogP contribution in [-0.2, 0) is 12.0 Å². The van der Waals surface area contributed by atoms with Crippen molar-refractivity contribution >= 4 is 15.9 Å². The average molecular weight is 352 g/mol.